The van der Waals surface area contributed by atoms with Gasteiger partial charge in [0, 0.05) is 43.2 Å². The number of hydrogen-bond acceptors (Lipinski definition) is 7. The highest BCUT2D eigenvalue weighted by atomic mass is 16.5. The first-order valence-electron chi connectivity index (χ1n) is 8.23. The second-order valence-corrected chi connectivity index (χ2v) is 6.00. The number of nitrogens with one attached hydrogen (secondary N) is 1. The summed E-state index contributed by atoms with van der Waals surface area (Å²) in [5.74, 6) is 0.829. The average Bonchev–Trinajstić information content (AvgIpc) is 3.33. The Morgan fingerprint density at radius 1 is 1.16 bits per heavy atom. The number of ether oxygens (including phenoxy) is 1. The zero-order valence-electron chi connectivity index (χ0n) is 13.7. The molecule has 1 aromatic carbocycles. The molecule has 1 saturated heterocycles. The summed E-state index contributed by atoms with van der Waals surface area (Å²) in [7, 11) is 0. The van der Waals surface area contributed by atoms with E-state index in [4.69, 9.17) is 15.0 Å². The average molecular weight is 337 g/mol. The molecule has 0 saturated carbocycles. The molecular formula is C18H19N5O2. The molecule has 0 radical (unpaired) electrons. The molecule has 2 aromatic heterocycles. The van der Waals surface area contributed by atoms with Gasteiger partial charge in [-0.15, -0.1) is 0 Å². The van der Waals surface area contributed by atoms with E-state index in [-0.39, 0.29) is 0 Å². The first-order chi connectivity index (χ1) is 12.3. The fourth-order valence-electron chi connectivity index (χ4n) is 2.81. The van der Waals surface area contributed by atoms with Crippen LogP contribution in [0.4, 0.5) is 5.82 Å². The first-order valence-corrected chi connectivity index (χ1v) is 8.23. The lowest BCUT2D eigenvalue weighted by atomic mass is 10.1. The zero-order valence-corrected chi connectivity index (χ0v) is 13.7. The van der Waals surface area contributed by atoms with Gasteiger partial charge >= 0.3 is 0 Å². The van der Waals surface area contributed by atoms with E-state index in [2.05, 4.69) is 32.6 Å². The quantitative estimate of drug-likeness (QED) is 0.736. The second kappa shape index (κ2) is 7.00. The lowest BCUT2D eigenvalue weighted by molar-refractivity contribution is 0.190. The summed E-state index contributed by atoms with van der Waals surface area (Å²) in [4.78, 5) is 8.21. The minimum absolute atomic E-state index is 0.322. The Labute approximate surface area is 145 Å². The number of nitrogens with zero attached hydrogens (tertiary/aromatic N) is 3. The van der Waals surface area contributed by atoms with Crippen molar-refractivity contribution in [3.05, 3.63) is 48.3 Å². The molecule has 1 aliphatic rings. The molecule has 0 spiro atoms. The van der Waals surface area contributed by atoms with Gasteiger partial charge in [-0.1, -0.05) is 29.4 Å². The third-order valence-electron chi connectivity index (χ3n) is 4.24. The third-order valence-corrected chi connectivity index (χ3v) is 4.24. The molecule has 25 heavy (non-hydrogen) atoms. The monoisotopic (exact) mass is 337 g/mol. The highest BCUT2D eigenvalue weighted by Crippen LogP contribution is 2.27. The van der Waals surface area contributed by atoms with E-state index in [1.807, 2.05) is 18.2 Å². The molecule has 0 bridgehead atoms. The van der Waals surface area contributed by atoms with Crippen LogP contribution in [0.1, 0.15) is 12.0 Å². The van der Waals surface area contributed by atoms with Crippen LogP contribution in [0.3, 0.4) is 0 Å². The zero-order chi connectivity index (χ0) is 17.1. The molecule has 7 nitrogen and oxygen atoms in total. The number of anilines is 1. The van der Waals surface area contributed by atoms with E-state index < -0.39 is 0 Å². The Balaban J connectivity index is 1.46. The minimum Gasteiger partial charge on any atom is -0.382 e. The van der Waals surface area contributed by atoms with Crippen molar-refractivity contribution in [2.24, 2.45) is 0 Å². The van der Waals surface area contributed by atoms with Gasteiger partial charge in [-0.25, -0.2) is 9.97 Å². The summed E-state index contributed by atoms with van der Waals surface area (Å²) in [6.07, 6.45) is 4.19. The van der Waals surface area contributed by atoms with Crippen LogP contribution in [-0.2, 0) is 11.3 Å². The predicted octanol–water partition coefficient (Wildman–Crippen LogP) is 2.26. The third kappa shape index (κ3) is 3.52. The number of hydrogen-bond donors (Lipinski definition) is 2. The van der Waals surface area contributed by atoms with Crippen LogP contribution in [0.25, 0.3) is 22.7 Å². The summed E-state index contributed by atoms with van der Waals surface area (Å²) in [5.41, 5.74) is 9.27. The largest absolute Gasteiger partial charge is 0.382 e. The standard InChI is InChI=1S/C18H19N5O2/c19-18-17(20-6-7-21-18)16-9-15(23-25-16)13-3-1-12(2-4-13)10-22-14-5-8-24-11-14/h1-4,6-7,9,14,22H,5,8,10-11H2,(H2,19,21). The van der Waals surface area contributed by atoms with Crippen molar-refractivity contribution in [3.63, 3.8) is 0 Å². The van der Waals surface area contributed by atoms with E-state index in [1.165, 1.54) is 5.56 Å². The maximum absolute atomic E-state index is 5.83. The molecule has 1 unspecified atom stereocenters. The number of nitrogen functional groups attached to an aromatic ring is 1. The lowest BCUT2D eigenvalue weighted by Gasteiger charge is -2.10. The van der Waals surface area contributed by atoms with E-state index in [0.717, 1.165) is 37.4 Å². The van der Waals surface area contributed by atoms with Crippen molar-refractivity contribution in [2.45, 2.75) is 19.0 Å². The Kier molecular flexibility index (Phi) is 4.41. The molecule has 3 heterocycles. The highest BCUT2D eigenvalue weighted by Gasteiger charge is 2.15. The van der Waals surface area contributed by atoms with Crippen molar-refractivity contribution in [3.8, 4) is 22.7 Å². The number of aromatic nitrogens is 3. The summed E-state index contributed by atoms with van der Waals surface area (Å²) in [6, 6.07) is 10.5. The van der Waals surface area contributed by atoms with Crippen LogP contribution in [0.15, 0.2) is 47.2 Å². The van der Waals surface area contributed by atoms with Gasteiger partial charge in [0.25, 0.3) is 0 Å². The Hall–Kier alpha value is -2.77. The lowest BCUT2D eigenvalue weighted by Crippen LogP contribution is -2.28. The molecule has 4 rings (SSSR count). The van der Waals surface area contributed by atoms with Crippen molar-refractivity contribution in [2.75, 3.05) is 18.9 Å². The SMILES string of the molecule is Nc1nccnc1-c1cc(-c2ccc(CNC3CCOC3)cc2)no1. The predicted molar refractivity (Wildman–Crippen MR) is 93.4 cm³/mol. The molecule has 0 amide bonds. The van der Waals surface area contributed by atoms with Crippen molar-refractivity contribution in [1.82, 2.24) is 20.4 Å². The van der Waals surface area contributed by atoms with Gasteiger partial charge in [0.15, 0.2) is 17.3 Å². The summed E-state index contributed by atoms with van der Waals surface area (Å²) >= 11 is 0. The van der Waals surface area contributed by atoms with Crippen LogP contribution in [-0.4, -0.2) is 34.4 Å². The fraction of sp³-hybridized carbons (Fsp3) is 0.278. The van der Waals surface area contributed by atoms with Gasteiger partial charge in [0.1, 0.15) is 5.69 Å². The molecule has 1 aliphatic heterocycles. The molecule has 0 aliphatic carbocycles. The maximum Gasteiger partial charge on any atom is 0.189 e. The van der Waals surface area contributed by atoms with Crippen molar-refractivity contribution < 1.29 is 9.26 Å². The van der Waals surface area contributed by atoms with Gasteiger partial charge in [-0.2, -0.15) is 0 Å². The van der Waals surface area contributed by atoms with E-state index in [1.54, 1.807) is 12.4 Å². The van der Waals surface area contributed by atoms with Gasteiger partial charge in [0.2, 0.25) is 0 Å². The second-order valence-electron chi connectivity index (χ2n) is 6.00. The maximum atomic E-state index is 5.83. The molecule has 1 fully saturated rings. The van der Waals surface area contributed by atoms with Gasteiger partial charge in [-0.05, 0) is 12.0 Å². The van der Waals surface area contributed by atoms with Gasteiger partial charge < -0.3 is 20.3 Å². The number of nitrogens with two attached hydrogens (primary N) is 1. The Bertz CT molecular complexity index is 841. The molecule has 128 valence electrons. The van der Waals surface area contributed by atoms with E-state index >= 15 is 0 Å². The molecule has 3 N–H and O–H groups in total. The van der Waals surface area contributed by atoms with Crippen LogP contribution in [0.5, 0.6) is 0 Å². The van der Waals surface area contributed by atoms with Crippen LogP contribution in [0, 0.1) is 0 Å². The fourth-order valence-corrected chi connectivity index (χ4v) is 2.81. The summed E-state index contributed by atoms with van der Waals surface area (Å²) < 4.78 is 10.7. The molecule has 7 heteroatoms. The summed E-state index contributed by atoms with van der Waals surface area (Å²) in [6.45, 7) is 2.47. The minimum atomic E-state index is 0.322. The first kappa shape index (κ1) is 15.7. The van der Waals surface area contributed by atoms with Crippen LogP contribution >= 0.6 is 0 Å². The van der Waals surface area contributed by atoms with Crippen LogP contribution in [0.2, 0.25) is 0 Å². The van der Waals surface area contributed by atoms with E-state index in [0.29, 0.717) is 23.3 Å². The summed E-state index contributed by atoms with van der Waals surface area (Å²) in [5, 5.41) is 7.61. The number of benzene rings is 1. The van der Waals surface area contributed by atoms with E-state index in [9.17, 15) is 0 Å². The molecule has 1 atom stereocenters. The highest BCUT2D eigenvalue weighted by molar-refractivity contribution is 5.70. The van der Waals surface area contributed by atoms with Gasteiger partial charge in [0.05, 0.1) is 6.61 Å². The van der Waals surface area contributed by atoms with Crippen molar-refractivity contribution >= 4 is 5.82 Å². The molecular weight excluding hydrogens is 318 g/mol. The Morgan fingerprint density at radius 2 is 2.00 bits per heavy atom. The van der Waals surface area contributed by atoms with Crippen LogP contribution < -0.4 is 11.1 Å². The Morgan fingerprint density at radius 3 is 2.76 bits per heavy atom. The topological polar surface area (TPSA) is 99.1 Å². The smallest absolute Gasteiger partial charge is 0.189 e. The van der Waals surface area contributed by atoms with Crippen molar-refractivity contribution in [1.29, 1.82) is 0 Å². The molecule has 3 aromatic rings. The normalized spacial score (nSPS) is 17.0. The number of rotatable bonds is 5. The van der Waals surface area contributed by atoms with Gasteiger partial charge in [-0.3, -0.25) is 0 Å².